The molecule has 0 bridgehead atoms. The van der Waals surface area contributed by atoms with E-state index >= 15 is 0 Å². The molecule has 2 aromatic carbocycles. The number of anilines is 3. The summed E-state index contributed by atoms with van der Waals surface area (Å²) in [6, 6.07) is 16.3. The van der Waals surface area contributed by atoms with Crippen LogP contribution in [0.25, 0.3) is 0 Å². The summed E-state index contributed by atoms with van der Waals surface area (Å²) in [5.74, 6) is 0.413. The Bertz CT molecular complexity index is 894. The largest absolute Gasteiger partial charge is 0.340 e. The maximum atomic E-state index is 12.2. The van der Waals surface area contributed by atoms with Crippen LogP contribution >= 0.6 is 23.2 Å². The quantitative estimate of drug-likeness (QED) is 0.618. The van der Waals surface area contributed by atoms with Crippen molar-refractivity contribution in [1.82, 2.24) is 4.98 Å². The van der Waals surface area contributed by atoms with Crippen LogP contribution in [-0.4, -0.2) is 10.9 Å². The number of pyridine rings is 1. The number of amides is 1. The molecule has 1 heterocycles. The van der Waals surface area contributed by atoms with Crippen LogP contribution in [0, 0.1) is 6.92 Å². The number of hydrogen-bond acceptors (Lipinski definition) is 3. The summed E-state index contributed by atoms with van der Waals surface area (Å²) in [7, 11) is 0. The summed E-state index contributed by atoms with van der Waals surface area (Å²) in [6.45, 7) is 2.04. The van der Waals surface area contributed by atoms with E-state index in [2.05, 4.69) is 15.6 Å². The van der Waals surface area contributed by atoms with Gasteiger partial charge in [-0.15, -0.1) is 0 Å². The van der Waals surface area contributed by atoms with Crippen LogP contribution in [0.3, 0.4) is 0 Å². The zero-order valence-electron chi connectivity index (χ0n) is 13.4. The molecule has 4 nitrogen and oxygen atoms in total. The van der Waals surface area contributed by atoms with Crippen LogP contribution in [0.4, 0.5) is 17.2 Å². The smallest absolute Gasteiger partial charge is 0.255 e. The molecule has 1 aromatic heterocycles. The van der Waals surface area contributed by atoms with Gasteiger partial charge in [-0.3, -0.25) is 4.79 Å². The van der Waals surface area contributed by atoms with Gasteiger partial charge in [-0.2, -0.15) is 0 Å². The van der Waals surface area contributed by atoms with Gasteiger partial charge in [-0.1, -0.05) is 40.9 Å². The Hall–Kier alpha value is -2.56. The van der Waals surface area contributed by atoms with E-state index in [1.54, 1.807) is 30.5 Å². The van der Waals surface area contributed by atoms with Gasteiger partial charge in [-0.25, -0.2) is 4.98 Å². The van der Waals surface area contributed by atoms with E-state index in [-0.39, 0.29) is 5.91 Å². The molecule has 0 aliphatic carbocycles. The monoisotopic (exact) mass is 371 g/mol. The Labute approximate surface area is 155 Å². The van der Waals surface area contributed by atoms with Gasteiger partial charge >= 0.3 is 0 Å². The number of aryl methyl sites for hydroxylation is 1. The lowest BCUT2D eigenvalue weighted by Crippen LogP contribution is -2.12. The first kappa shape index (κ1) is 17.3. The normalized spacial score (nSPS) is 10.4. The molecule has 25 heavy (non-hydrogen) atoms. The van der Waals surface area contributed by atoms with Gasteiger partial charge in [-0.05, 0) is 49.4 Å². The molecule has 0 aliphatic rings. The van der Waals surface area contributed by atoms with Crippen molar-refractivity contribution in [3.8, 4) is 0 Å². The highest BCUT2D eigenvalue weighted by Gasteiger charge is 2.09. The van der Waals surface area contributed by atoms with Crippen molar-refractivity contribution in [3.63, 3.8) is 0 Å². The molecule has 3 rings (SSSR count). The predicted molar refractivity (Wildman–Crippen MR) is 103 cm³/mol. The first-order valence-electron chi connectivity index (χ1n) is 7.57. The molecular weight excluding hydrogens is 357 g/mol. The van der Waals surface area contributed by atoms with Gasteiger partial charge in [0, 0.05) is 11.3 Å². The first-order valence-corrected chi connectivity index (χ1v) is 8.33. The molecule has 0 aliphatic heterocycles. The summed E-state index contributed by atoms with van der Waals surface area (Å²) < 4.78 is 0. The molecule has 0 atom stereocenters. The van der Waals surface area contributed by atoms with Crippen molar-refractivity contribution >= 4 is 46.3 Å². The number of rotatable bonds is 4. The van der Waals surface area contributed by atoms with Gasteiger partial charge in [0.2, 0.25) is 0 Å². The summed E-state index contributed by atoms with van der Waals surface area (Å²) in [5, 5.41) is 6.72. The maximum absolute atomic E-state index is 12.2. The Kier molecular flexibility index (Phi) is 5.22. The third-order valence-corrected chi connectivity index (χ3v) is 4.27. The number of benzene rings is 2. The molecule has 0 saturated heterocycles. The van der Waals surface area contributed by atoms with Gasteiger partial charge in [0.25, 0.3) is 5.91 Å². The molecule has 0 saturated carbocycles. The Morgan fingerprint density at radius 2 is 1.64 bits per heavy atom. The highest BCUT2D eigenvalue weighted by atomic mass is 35.5. The highest BCUT2D eigenvalue weighted by molar-refractivity contribution is 6.42. The number of hydrogen-bond donors (Lipinski definition) is 2. The second kappa shape index (κ2) is 7.55. The van der Waals surface area contributed by atoms with E-state index in [9.17, 15) is 4.79 Å². The fraction of sp³-hybridized carbons (Fsp3) is 0.0526. The number of halogens is 2. The van der Waals surface area contributed by atoms with Gasteiger partial charge < -0.3 is 10.6 Å². The number of carbonyl (C=O) groups is 1. The highest BCUT2D eigenvalue weighted by Crippen LogP contribution is 2.23. The molecule has 0 spiro atoms. The van der Waals surface area contributed by atoms with Crippen molar-refractivity contribution < 1.29 is 4.79 Å². The molecule has 0 radical (unpaired) electrons. The maximum Gasteiger partial charge on any atom is 0.255 e. The molecule has 6 heteroatoms. The van der Waals surface area contributed by atoms with Gasteiger partial charge in [0.1, 0.15) is 5.82 Å². The van der Waals surface area contributed by atoms with Crippen LogP contribution < -0.4 is 10.6 Å². The van der Waals surface area contributed by atoms with E-state index in [0.29, 0.717) is 27.1 Å². The van der Waals surface area contributed by atoms with Crippen molar-refractivity contribution in [3.05, 3.63) is 82.0 Å². The minimum atomic E-state index is -0.278. The van der Waals surface area contributed by atoms with Gasteiger partial charge in [0.15, 0.2) is 0 Å². The average molecular weight is 372 g/mol. The summed E-state index contributed by atoms with van der Waals surface area (Å²) in [6.07, 6.45) is 1.59. The van der Waals surface area contributed by atoms with Crippen LogP contribution in [0.15, 0.2) is 60.8 Å². The third kappa shape index (κ3) is 4.50. The summed E-state index contributed by atoms with van der Waals surface area (Å²) >= 11 is 11.8. The number of nitrogens with zero attached hydrogens (tertiary/aromatic N) is 1. The number of nitrogens with one attached hydrogen (secondary N) is 2. The van der Waals surface area contributed by atoms with Crippen molar-refractivity contribution in [1.29, 1.82) is 0 Å². The van der Waals surface area contributed by atoms with Crippen LogP contribution in [-0.2, 0) is 0 Å². The third-order valence-electron chi connectivity index (χ3n) is 3.53. The van der Waals surface area contributed by atoms with Gasteiger partial charge in [0.05, 0.1) is 21.9 Å². The van der Waals surface area contributed by atoms with Crippen molar-refractivity contribution in [2.75, 3.05) is 10.6 Å². The Balaban J connectivity index is 1.66. The summed E-state index contributed by atoms with van der Waals surface area (Å²) in [4.78, 5) is 16.5. The molecule has 0 fully saturated rings. The molecule has 2 N–H and O–H groups in total. The molecule has 1 amide bonds. The fourth-order valence-electron chi connectivity index (χ4n) is 2.17. The minimum Gasteiger partial charge on any atom is -0.340 e. The zero-order chi connectivity index (χ0) is 17.8. The van der Waals surface area contributed by atoms with Crippen LogP contribution in [0.1, 0.15) is 15.9 Å². The van der Waals surface area contributed by atoms with E-state index in [1.807, 2.05) is 31.2 Å². The topological polar surface area (TPSA) is 54.0 Å². The number of aromatic nitrogens is 1. The standard InChI is InChI=1S/C19H15Cl2N3O/c1-12-2-5-14(6-3-12)23-18-9-7-15(11-22-18)24-19(25)13-4-8-16(20)17(21)10-13/h2-11H,1H3,(H,22,23)(H,24,25). The summed E-state index contributed by atoms with van der Waals surface area (Å²) in [5.41, 5.74) is 3.16. The van der Waals surface area contributed by atoms with E-state index in [4.69, 9.17) is 23.2 Å². The molecule has 0 unspecified atom stereocenters. The fourth-order valence-corrected chi connectivity index (χ4v) is 2.47. The molecule has 126 valence electrons. The second-order valence-corrected chi connectivity index (χ2v) is 6.32. The van der Waals surface area contributed by atoms with Crippen molar-refractivity contribution in [2.45, 2.75) is 6.92 Å². The average Bonchev–Trinajstić information content (AvgIpc) is 2.61. The predicted octanol–water partition coefficient (Wildman–Crippen LogP) is 5.69. The lowest BCUT2D eigenvalue weighted by atomic mass is 10.2. The number of carbonyl (C=O) groups excluding carboxylic acids is 1. The molecular formula is C19H15Cl2N3O. The second-order valence-electron chi connectivity index (χ2n) is 5.51. The van der Waals surface area contributed by atoms with E-state index < -0.39 is 0 Å². The van der Waals surface area contributed by atoms with Crippen LogP contribution in [0.2, 0.25) is 10.0 Å². The minimum absolute atomic E-state index is 0.278. The van der Waals surface area contributed by atoms with Crippen LogP contribution in [0.5, 0.6) is 0 Å². The first-order chi connectivity index (χ1) is 12.0. The van der Waals surface area contributed by atoms with Crippen molar-refractivity contribution in [2.24, 2.45) is 0 Å². The van der Waals surface area contributed by atoms with E-state index in [0.717, 1.165) is 5.69 Å². The Morgan fingerprint density at radius 1 is 0.920 bits per heavy atom. The SMILES string of the molecule is Cc1ccc(Nc2ccc(NC(=O)c3ccc(Cl)c(Cl)c3)cn2)cc1. The Morgan fingerprint density at radius 3 is 2.28 bits per heavy atom. The lowest BCUT2D eigenvalue weighted by molar-refractivity contribution is 0.102. The lowest BCUT2D eigenvalue weighted by Gasteiger charge is -2.08. The van der Waals surface area contributed by atoms with E-state index in [1.165, 1.54) is 11.6 Å². The zero-order valence-corrected chi connectivity index (χ0v) is 14.9. The molecule has 3 aromatic rings.